The molecule has 1 aliphatic carbocycles. The molecule has 7 nitrogen and oxygen atoms in total. The Hall–Kier alpha value is -3.37. The lowest BCUT2D eigenvalue weighted by atomic mass is 9.83. The molecule has 1 aromatic carbocycles. The predicted molar refractivity (Wildman–Crippen MR) is 117 cm³/mol. The minimum Gasteiger partial charge on any atom is -0.379 e. The number of rotatable bonds is 5. The molecule has 2 aromatic heterocycles. The molecule has 1 amide bonds. The predicted octanol–water partition coefficient (Wildman–Crippen LogP) is 3.16. The van der Waals surface area contributed by atoms with Gasteiger partial charge in [-0.25, -0.2) is 4.52 Å². The number of nitrogens with two attached hydrogens (primary N) is 1. The fourth-order valence-electron chi connectivity index (χ4n) is 4.64. The number of amides is 1. The van der Waals surface area contributed by atoms with Gasteiger partial charge < -0.3 is 16.4 Å². The number of primary amides is 1. The van der Waals surface area contributed by atoms with Gasteiger partial charge in [-0.3, -0.25) is 4.79 Å². The Morgan fingerprint density at radius 3 is 2.70 bits per heavy atom. The van der Waals surface area contributed by atoms with Crippen LogP contribution in [0.5, 0.6) is 0 Å². The maximum absolute atomic E-state index is 12.2. The van der Waals surface area contributed by atoms with E-state index in [1.165, 1.54) is 6.20 Å². The Bertz CT molecular complexity index is 1160. The first-order chi connectivity index (χ1) is 14.4. The molecular weight excluding hydrogens is 376 g/mol. The van der Waals surface area contributed by atoms with Crippen molar-refractivity contribution in [2.45, 2.75) is 38.8 Å². The maximum atomic E-state index is 12.2. The fraction of sp³-hybridized carbons (Fsp3) is 0.348. The summed E-state index contributed by atoms with van der Waals surface area (Å²) < 4.78 is 1.73. The van der Waals surface area contributed by atoms with Crippen LogP contribution in [0.2, 0.25) is 0 Å². The number of anilines is 1. The van der Waals surface area contributed by atoms with Crippen molar-refractivity contribution in [2.24, 2.45) is 11.1 Å². The second-order valence-corrected chi connectivity index (χ2v) is 8.45. The van der Waals surface area contributed by atoms with E-state index in [1.54, 1.807) is 10.6 Å². The maximum Gasteiger partial charge on any atom is 0.252 e. The lowest BCUT2D eigenvalue weighted by Crippen LogP contribution is -2.43. The minimum atomic E-state index is -0.520. The smallest absolute Gasteiger partial charge is 0.252 e. The highest BCUT2D eigenvalue weighted by Gasteiger charge is 2.42. The highest BCUT2D eigenvalue weighted by Crippen LogP contribution is 2.41. The van der Waals surface area contributed by atoms with Gasteiger partial charge in [0.2, 0.25) is 0 Å². The summed E-state index contributed by atoms with van der Waals surface area (Å²) in [6, 6.07) is 12.2. The molecule has 7 heteroatoms. The molecular formula is C23H26N6O. The van der Waals surface area contributed by atoms with Gasteiger partial charge in [0.25, 0.3) is 5.91 Å². The van der Waals surface area contributed by atoms with Crippen LogP contribution in [0.1, 0.15) is 42.6 Å². The first-order valence-electron chi connectivity index (χ1n) is 10.1. The van der Waals surface area contributed by atoms with Gasteiger partial charge >= 0.3 is 0 Å². The van der Waals surface area contributed by atoms with E-state index in [9.17, 15) is 10.1 Å². The van der Waals surface area contributed by atoms with Gasteiger partial charge in [-0.2, -0.15) is 10.4 Å². The fourth-order valence-corrected chi connectivity index (χ4v) is 4.64. The van der Waals surface area contributed by atoms with Crippen LogP contribution in [-0.2, 0) is 0 Å². The quantitative estimate of drug-likeness (QED) is 0.607. The molecule has 1 unspecified atom stereocenters. The number of nitrogens with zero attached hydrogens (tertiary/aromatic N) is 3. The number of carbonyl (C=O) groups is 1. The van der Waals surface area contributed by atoms with E-state index in [2.05, 4.69) is 35.6 Å². The van der Waals surface area contributed by atoms with Crippen LogP contribution in [-0.4, -0.2) is 34.7 Å². The molecule has 0 bridgehead atoms. The van der Waals surface area contributed by atoms with E-state index in [-0.39, 0.29) is 11.5 Å². The van der Waals surface area contributed by atoms with Crippen molar-refractivity contribution < 1.29 is 4.79 Å². The highest BCUT2D eigenvalue weighted by atomic mass is 16.1. The lowest BCUT2D eigenvalue weighted by Gasteiger charge is -2.34. The van der Waals surface area contributed by atoms with E-state index in [0.717, 1.165) is 29.5 Å². The number of aromatic nitrogens is 2. The molecule has 2 heterocycles. The first-order valence-corrected chi connectivity index (χ1v) is 10.1. The molecule has 0 spiro atoms. The monoisotopic (exact) mass is 402 g/mol. The van der Waals surface area contributed by atoms with Crippen LogP contribution in [0, 0.1) is 16.7 Å². The van der Waals surface area contributed by atoms with Crippen LogP contribution < -0.4 is 16.4 Å². The highest BCUT2D eigenvalue weighted by molar-refractivity contribution is 6.02. The van der Waals surface area contributed by atoms with Crippen molar-refractivity contribution >= 4 is 17.1 Å². The third kappa shape index (κ3) is 3.19. The van der Waals surface area contributed by atoms with Crippen molar-refractivity contribution in [1.82, 2.24) is 14.9 Å². The third-order valence-electron chi connectivity index (χ3n) is 6.47. The summed E-state index contributed by atoms with van der Waals surface area (Å²) in [4.78, 5) is 12.2. The Kier molecular flexibility index (Phi) is 4.96. The average molecular weight is 403 g/mol. The van der Waals surface area contributed by atoms with Crippen molar-refractivity contribution in [2.75, 3.05) is 12.4 Å². The van der Waals surface area contributed by atoms with Gasteiger partial charge in [-0.15, -0.1) is 0 Å². The van der Waals surface area contributed by atoms with E-state index < -0.39 is 5.91 Å². The van der Waals surface area contributed by atoms with Crippen molar-refractivity contribution in [3.63, 3.8) is 0 Å². The molecule has 0 radical (unpaired) electrons. The van der Waals surface area contributed by atoms with Crippen molar-refractivity contribution in [3.8, 4) is 17.2 Å². The summed E-state index contributed by atoms with van der Waals surface area (Å²) in [5, 5.41) is 20.9. The second kappa shape index (κ2) is 7.47. The number of carbonyl (C=O) groups excluding carboxylic acids is 1. The second-order valence-electron chi connectivity index (χ2n) is 8.45. The number of hydrogen-bond acceptors (Lipinski definition) is 5. The van der Waals surface area contributed by atoms with Gasteiger partial charge in [0.15, 0.2) is 0 Å². The van der Waals surface area contributed by atoms with E-state index in [4.69, 9.17) is 5.73 Å². The molecule has 3 aromatic rings. The zero-order valence-electron chi connectivity index (χ0n) is 17.4. The normalized spacial score (nSPS) is 20.2. The van der Waals surface area contributed by atoms with Gasteiger partial charge in [0, 0.05) is 34.8 Å². The van der Waals surface area contributed by atoms with Crippen LogP contribution in [0.15, 0.2) is 42.7 Å². The van der Waals surface area contributed by atoms with Crippen LogP contribution in [0.3, 0.4) is 0 Å². The van der Waals surface area contributed by atoms with Crippen molar-refractivity contribution in [1.29, 1.82) is 5.26 Å². The van der Waals surface area contributed by atoms with E-state index in [0.29, 0.717) is 22.9 Å². The van der Waals surface area contributed by atoms with E-state index in [1.807, 2.05) is 37.5 Å². The molecule has 1 fully saturated rings. The molecule has 1 aliphatic rings. The molecule has 2 atom stereocenters. The summed E-state index contributed by atoms with van der Waals surface area (Å²) in [5.74, 6) is -0.520. The number of fused-ring (bicyclic) bond motifs is 1. The average Bonchev–Trinajstić information content (AvgIpc) is 3.28. The molecule has 154 valence electrons. The topological polar surface area (TPSA) is 108 Å². The molecule has 4 rings (SSSR count). The zero-order chi connectivity index (χ0) is 21.5. The zero-order valence-corrected chi connectivity index (χ0v) is 17.4. The summed E-state index contributed by atoms with van der Waals surface area (Å²) in [6.45, 7) is 4.46. The standard InChI is InChI=1S/C23H26N6O/c1-23(2)19(26-3)8-9-20(23)28-21-17(22(25)30)12-27-29-13-15(10-18(21)29)16-7-5-4-6-14(16)11-24/h4-7,10,12-13,19-20,26,28H,8-9H2,1-3H3,(H2,25,30)/t19?,20-/m1/s1. The summed E-state index contributed by atoms with van der Waals surface area (Å²) in [5.41, 5.74) is 9.77. The van der Waals surface area contributed by atoms with Gasteiger partial charge in [-0.05, 0) is 32.0 Å². The Morgan fingerprint density at radius 1 is 1.30 bits per heavy atom. The minimum absolute atomic E-state index is 0.00719. The van der Waals surface area contributed by atoms with Crippen molar-refractivity contribution in [3.05, 3.63) is 53.9 Å². The van der Waals surface area contributed by atoms with Gasteiger partial charge in [0.1, 0.15) is 0 Å². The lowest BCUT2D eigenvalue weighted by molar-refractivity contribution is 0.100. The van der Waals surface area contributed by atoms with Crippen LogP contribution in [0.25, 0.3) is 16.6 Å². The summed E-state index contributed by atoms with van der Waals surface area (Å²) in [7, 11) is 1.99. The molecule has 0 saturated heterocycles. The molecule has 4 N–H and O–H groups in total. The Morgan fingerprint density at radius 2 is 2.03 bits per heavy atom. The molecule has 30 heavy (non-hydrogen) atoms. The SMILES string of the molecule is CNC1CC[C@@H](Nc2c(C(N)=O)cnn3cc(-c4ccccc4C#N)cc23)C1(C)C. The summed E-state index contributed by atoms with van der Waals surface area (Å²) in [6.07, 6.45) is 5.42. The van der Waals surface area contributed by atoms with Gasteiger partial charge in [-0.1, -0.05) is 32.0 Å². The number of nitrogens with one attached hydrogen (secondary N) is 2. The largest absolute Gasteiger partial charge is 0.379 e. The summed E-state index contributed by atoms with van der Waals surface area (Å²) >= 11 is 0. The third-order valence-corrected chi connectivity index (χ3v) is 6.47. The Labute approximate surface area is 175 Å². The van der Waals surface area contributed by atoms with Crippen LogP contribution >= 0.6 is 0 Å². The van der Waals surface area contributed by atoms with Crippen LogP contribution in [0.4, 0.5) is 5.69 Å². The molecule has 1 saturated carbocycles. The first kappa shape index (κ1) is 19.9. The Balaban J connectivity index is 1.84. The van der Waals surface area contributed by atoms with Gasteiger partial charge in [0.05, 0.1) is 34.6 Å². The van der Waals surface area contributed by atoms with E-state index >= 15 is 0 Å². The number of nitriles is 1. The number of hydrogen-bond donors (Lipinski definition) is 3. The molecule has 0 aliphatic heterocycles. The number of benzene rings is 1.